The minimum atomic E-state index is -3.47. The van der Waals surface area contributed by atoms with Gasteiger partial charge in [-0.3, -0.25) is 4.79 Å². The Kier molecular flexibility index (Phi) is 5.96. The van der Waals surface area contributed by atoms with Gasteiger partial charge in [-0.05, 0) is 29.2 Å². The first-order chi connectivity index (χ1) is 12.5. The second-order valence-electron chi connectivity index (χ2n) is 6.29. The Bertz CT molecular complexity index is 899. The Morgan fingerprint density at radius 3 is 2.54 bits per heavy atom. The van der Waals surface area contributed by atoms with E-state index in [1.54, 1.807) is 6.07 Å². The number of fused-ring (bicyclic) bond motifs is 1. The number of sulfonamides is 1. The molecule has 0 saturated carbocycles. The van der Waals surface area contributed by atoms with Gasteiger partial charge < -0.3 is 5.32 Å². The fourth-order valence-electron chi connectivity index (χ4n) is 2.98. The zero-order chi connectivity index (χ0) is 18.6. The van der Waals surface area contributed by atoms with Crippen molar-refractivity contribution >= 4 is 27.5 Å². The number of rotatable bonds is 6. The average molecular weight is 393 g/mol. The summed E-state index contributed by atoms with van der Waals surface area (Å²) in [6.45, 7) is 1.12. The lowest BCUT2D eigenvalue weighted by molar-refractivity contribution is -0.120. The maximum atomic E-state index is 12.6. The van der Waals surface area contributed by atoms with Crippen molar-refractivity contribution in [3.8, 4) is 0 Å². The Morgan fingerprint density at radius 1 is 1.08 bits per heavy atom. The van der Waals surface area contributed by atoms with Crippen molar-refractivity contribution in [1.82, 2.24) is 9.62 Å². The van der Waals surface area contributed by atoms with Gasteiger partial charge >= 0.3 is 0 Å². The smallest absolute Gasteiger partial charge is 0.221 e. The van der Waals surface area contributed by atoms with Crippen molar-refractivity contribution in [2.24, 2.45) is 0 Å². The van der Waals surface area contributed by atoms with Crippen LogP contribution in [0.15, 0.2) is 48.5 Å². The molecule has 0 radical (unpaired) electrons. The van der Waals surface area contributed by atoms with Crippen LogP contribution < -0.4 is 5.32 Å². The summed E-state index contributed by atoms with van der Waals surface area (Å²) in [4.78, 5) is 12.0. The van der Waals surface area contributed by atoms with Crippen molar-refractivity contribution in [2.75, 3.05) is 12.3 Å². The maximum absolute atomic E-state index is 12.6. The Hall–Kier alpha value is -1.89. The molecule has 1 amide bonds. The predicted molar refractivity (Wildman–Crippen MR) is 102 cm³/mol. The van der Waals surface area contributed by atoms with Crippen LogP contribution in [0.3, 0.4) is 0 Å². The average Bonchev–Trinajstić information content (AvgIpc) is 2.65. The highest BCUT2D eigenvalue weighted by molar-refractivity contribution is 7.89. The highest BCUT2D eigenvalue weighted by Gasteiger charge is 2.26. The molecule has 0 fully saturated rings. The summed E-state index contributed by atoms with van der Waals surface area (Å²) < 4.78 is 26.6. The summed E-state index contributed by atoms with van der Waals surface area (Å²) in [5, 5.41) is 3.30. The number of carbonyl (C=O) groups excluding carboxylic acids is 1. The molecular weight excluding hydrogens is 372 g/mol. The summed E-state index contributed by atoms with van der Waals surface area (Å²) >= 11 is 6.05. The fraction of sp³-hybridized carbons (Fsp3) is 0.316. The lowest BCUT2D eigenvalue weighted by atomic mass is 10.0. The highest BCUT2D eigenvalue weighted by atomic mass is 35.5. The summed E-state index contributed by atoms with van der Waals surface area (Å²) in [6.07, 6.45) is 0.638. The van der Waals surface area contributed by atoms with Gasteiger partial charge in [0.1, 0.15) is 0 Å². The lowest BCUT2D eigenvalue weighted by Gasteiger charge is -2.28. The van der Waals surface area contributed by atoms with E-state index in [1.807, 2.05) is 42.5 Å². The van der Waals surface area contributed by atoms with E-state index in [-0.39, 0.29) is 24.6 Å². The van der Waals surface area contributed by atoms with E-state index in [2.05, 4.69) is 5.32 Å². The number of halogens is 1. The summed E-state index contributed by atoms with van der Waals surface area (Å²) in [6, 6.07) is 15.1. The van der Waals surface area contributed by atoms with Crippen molar-refractivity contribution < 1.29 is 13.2 Å². The monoisotopic (exact) mass is 392 g/mol. The van der Waals surface area contributed by atoms with Gasteiger partial charge in [-0.2, -0.15) is 4.31 Å². The van der Waals surface area contributed by atoms with Gasteiger partial charge in [0.25, 0.3) is 0 Å². The molecule has 0 bridgehead atoms. The standard InChI is InChI=1S/C19H21ClN2O3S/c20-18-8-4-3-6-16(18)13-21-19(23)10-12-26(24,25)22-11-9-15-5-1-2-7-17(15)14-22/h1-8H,9-14H2,(H,21,23). The second kappa shape index (κ2) is 8.20. The zero-order valence-corrected chi connectivity index (χ0v) is 15.9. The maximum Gasteiger partial charge on any atom is 0.221 e. The number of hydrogen-bond donors (Lipinski definition) is 1. The van der Waals surface area contributed by atoms with Crippen molar-refractivity contribution in [3.05, 3.63) is 70.2 Å². The van der Waals surface area contributed by atoms with Gasteiger partial charge in [-0.1, -0.05) is 54.1 Å². The van der Waals surface area contributed by atoms with Crippen LogP contribution in [-0.4, -0.2) is 30.9 Å². The van der Waals surface area contributed by atoms with Crippen LogP contribution in [0.2, 0.25) is 5.02 Å². The largest absolute Gasteiger partial charge is 0.352 e. The van der Waals surface area contributed by atoms with Crippen LogP contribution in [0.5, 0.6) is 0 Å². The molecular formula is C19H21ClN2O3S. The molecule has 0 saturated heterocycles. The minimum absolute atomic E-state index is 0.0646. The quantitative estimate of drug-likeness (QED) is 0.821. The first-order valence-electron chi connectivity index (χ1n) is 8.50. The topological polar surface area (TPSA) is 66.5 Å². The molecule has 0 aliphatic carbocycles. The molecule has 2 aromatic carbocycles. The number of nitrogens with one attached hydrogen (secondary N) is 1. The van der Waals surface area contributed by atoms with Gasteiger partial charge in [0, 0.05) is 31.1 Å². The summed E-state index contributed by atoms with van der Waals surface area (Å²) in [5.74, 6) is -0.491. The van der Waals surface area contributed by atoms with Crippen molar-refractivity contribution in [3.63, 3.8) is 0 Å². The Balaban J connectivity index is 1.52. The van der Waals surface area contributed by atoms with Gasteiger partial charge in [0.2, 0.25) is 15.9 Å². The third-order valence-corrected chi connectivity index (χ3v) is 6.70. The normalized spacial score (nSPS) is 14.7. The van der Waals surface area contributed by atoms with Gasteiger partial charge in [-0.15, -0.1) is 0 Å². The van der Waals surface area contributed by atoms with Gasteiger partial charge in [-0.25, -0.2) is 8.42 Å². The van der Waals surface area contributed by atoms with E-state index in [9.17, 15) is 13.2 Å². The number of hydrogen-bond acceptors (Lipinski definition) is 3. The molecule has 1 aliphatic rings. The number of benzene rings is 2. The molecule has 1 N–H and O–H groups in total. The van der Waals surface area contributed by atoms with Crippen LogP contribution in [0.25, 0.3) is 0 Å². The number of amides is 1. The second-order valence-corrected chi connectivity index (χ2v) is 8.78. The van der Waals surface area contributed by atoms with Crippen LogP contribution >= 0.6 is 11.6 Å². The van der Waals surface area contributed by atoms with Crippen LogP contribution in [0.1, 0.15) is 23.1 Å². The van der Waals surface area contributed by atoms with Crippen molar-refractivity contribution in [2.45, 2.75) is 25.9 Å². The summed E-state index contributed by atoms with van der Waals surface area (Å²) in [5.41, 5.74) is 3.03. The van der Waals surface area contributed by atoms with Gasteiger partial charge in [0.05, 0.1) is 5.75 Å². The van der Waals surface area contributed by atoms with Crippen LogP contribution in [-0.2, 0) is 34.3 Å². The first kappa shape index (κ1) is 18.9. The molecule has 0 atom stereocenters. The fourth-order valence-corrected chi connectivity index (χ4v) is 4.59. The predicted octanol–water partition coefficient (Wildman–Crippen LogP) is 2.73. The van der Waals surface area contributed by atoms with Crippen LogP contribution in [0.4, 0.5) is 0 Å². The van der Waals surface area contributed by atoms with E-state index < -0.39 is 10.0 Å². The SMILES string of the molecule is O=C(CCS(=O)(=O)N1CCc2ccccc2C1)NCc1ccccc1Cl. The highest BCUT2D eigenvalue weighted by Crippen LogP contribution is 2.21. The Labute approximate surface area is 159 Å². The van der Waals surface area contributed by atoms with Crippen LogP contribution in [0, 0.1) is 0 Å². The van der Waals surface area contributed by atoms with Gasteiger partial charge in [0.15, 0.2) is 0 Å². The molecule has 5 nitrogen and oxygen atoms in total. The van der Waals surface area contributed by atoms with E-state index in [1.165, 1.54) is 9.87 Å². The van der Waals surface area contributed by atoms with E-state index in [0.717, 1.165) is 11.1 Å². The zero-order valence-electron chi connectivity index (χ0n) is 14.3. The number of carbonyl (C=O) groups is 1. The molecule has 1 heterocycles. The Morgan fingerprint density at radius 2 is 1.77 bits per heavy atom. The number of nitrogens with zero attached hydrogens (tertiary/aromatic N) is 1. The molecule has 2 aromatic rings. The lowest BCUT2D eigenvalue weighted by Crippen LogP contribution is -2.38. The third-order valence-electron chi connectivity index (χ3n) is 4.51. The van der Waals surface area contributed by atoms with E-state index in [4.69, 9.17) is 11.6 Å². The molecule has 138 valence electrons. The van der Waals surface area contributed by atoms with Crippen molar-refractivity contribution in [1.29, 1.82) is 0 Å². The molecule has 7 heteroatoms. The van der Waals surface area contributed by atoms with E-state index >= 15 is 0 Å². The van der Waals surface area contributed by atoms with E-state index in [0.29, 0.717) is 24.5 Å². The molecule has 1 aliphatic heterocycles. The minimum Gasteiger partial charge on any atom is -0.352 e. The summed E-state index contributed by atoms with van der Waals surface area (Å²) in [7, 11) is -3.47. The molecule has 26 heavy (non-hydrogen) atoms. The molecule has 0 aromatic heterocycles. The molecule has 3 rings (SSSR count). The molecule has 0 spiro atoms. The third kappa shape index (κ3) is 4.63. The first-order valence-corrected chi connectivity index (χ1v) is 10.5. The molecule has 0 unspecified atom stereocenters.